The number of thioether (sulfide) groups is 1. The molecule has 5 rings (SSSR count). The molecule has 2 fully saturated rings. The highest BCUT2D eigenvalue weighted by Gasteiger charge is 2.26. The lowest BCUT2D eigenvalue weighted by Gasteiger charge is -2.38. The predicted molar refractivity (Wildman–Crippen MR) is 135 cm³/mol. The third-order valence-corrected chi connectivity index (χ3v) is 7.66. The Morgan fingerprint density at radius 2 is 1.77 bits per heavy atom. The summed E-state index contributed by atoms with van der Waals surface area (Å²) in [6.45, 7) is 8.89. The first-order chi connectivity index (χ1) is 17.2. The number of benzene rings is 1. The Balaban J connectivity index is 1.19. The highest BCUT2D eigenvalue weighted by molar-refractivity contribution is 7.99. The average molecular weight is 497 g/mol. The van der Waals surface area contributed by atoms with E-state index in [1.165, 1.54) is 17.3 Å². The van der Waals surface area contributed by atoms with E-state index < -0.39 is 0 Å². The second kappa shape index (κ2) is 11.3. The van der Waals surface area contributed by atoms with E-state index in [2.05, 4.69) is 51.2 Å². The van der Waals surface area contributed by atoms with Crippen LogP contribution in [0.15, 0.2) is 58.3 Å². The van der Waals surface area contributed by atoms with E-state index in [1.807, 2.05) is 27.7 Å². The van der Waals surface area contributed by atoms with Crippen molar-refractivity contribution in [3.8, 4) is 0 Å². The standard InChI is InChI=1S/C25H32N6O3S/c1-20(21-6-3-2-4-7-21)28-9-11-29(12-10-28)23(32)19-35-25-27-26-24(30-13-16-33-17-14-30)31(25)18-22-8-5-15-34-22/h2-8,15,20H,9-14,16-19H2,1H3. The lowest BCUT2D eigenvalue weighted by atomic mass is 10.1. The molecule has 186 valence electrons. The van der Waals surface area contributed by atoms with Crippen LogP contribution in [0.2, 0.25) is 0 Å². The molecule has 10 heteroatoms. The number of anilines is 1. The molecule has 1 atom stereocenters. The van der Waals surface area contributed by atoms with Gasteiger partial charge in [0.25, 0.3) is 0 Å². The highest BCUT2D eigenvalue weighted by Crippen LogP contribution is 2.26. The van der Waals surface area contributed by atoms with Crippen LogP contribution in [0, 0.1) is 0 Å². The van der Waals surface area contributed by atoms with Crippen molar-refractivity contribution in [2.24, 2.45) is 0 Å². The van der Waals surface area contributed by atoms with Crippen molar-refractivity contribution < 1.29 is 13.9 Å². The molecule has 0 saturated carbocycles. The zero-order valence-corrected chi connectivity index (χ0v) is 20.9. The number of carbonyl (C=O) groups excluding carboxylic acids is 1. The van der Waals surface area contributed by atoms with Gasteiger partial charge in [-0.3, -0.25) is 14.3 Å². The third kappa shape index (κ3) is 5.71. The summed E-state index contributed by atoms with van der Waals surface area (Å²) in [4.78, 5) is 19.6. The monoisotopic (exact) mass is 496 g/mol. The Morgan fingerprint density at radius 3 is 2.49 bits per heavy atom. The minimum atomic E-state index is 0.141. The molecule has 2 saturated heterocycles. The molecule has 2 aliphatic heterocycles. The first kappa shape index (κ1) is 23.9. The maximum Gasteiger partial charge on any atom is 0.233 e. The van der Waals surface area contributed by atoms with Crippen LogP contribution in [-0.2, 0) is 16.1 Å². The predicted octanol–water partition coefficient (Wildman–Crippen LogP) is 2.75. The van der Waals surface area contributed by atoms with Crippen LogP contribution in [0.5, 0.6) is 0 Å². The van der Waals surface area contributed by atoms with Gasteiger partial charge in [0.15, 0.2) is 5.16 Å². The van der Waals surface area contributed by atoms with Crippen molar-refractivity contribution in [3.05, 3.63) is 60.1 Å². The van der Waals surface area contributed by atoms with E-state index in [0.717, 1.165) is 56.1 Å². The number of nitrogens with zero attached hydrogens (tertiary/aromatic N) is 6. The molecular weight excluding hydrogens is 464 g/mol. The number of carbonyl (C=O) groups is 1. The molecule has 4 heterocycles. The Bertz CT molecular complexity index is 1080. The molecule has 1 unspecified atom stereocenters. The molecule has 1 aromatic carbocycles. The minimum Gasteiger partial charge on any atom is -0.467 e. The van der Waals surface area contributed by atoms with Gasteiger partial charge in [0.2, 0.25) is 11.9 Å². The Hall–Kier alpha value is -2.82. The van der Waals surface area contributed by atoms with Crippen molar-refractivity contribution in [2.45, 2.75) is 24.7 Å². The van der Waals surface area contributed by atoms with Crippen molar-refractivity contribution in [3.63, 3.8) is 0 Å². The van der Waals surface area contributed by atoms with Crippen LogP contribution in [-0.4, -0.2) is 88.7 Å². The van der Waals surface area contributed by atoms with Gasteiger partial charge in [-0.1, -0.05) is 42.1 Å². The number of furan rings is 1. The number of hydrogen-bond donors (Lipinski definition) is 0. The van der Waals surface area contributed by atoms with Crippen molar-refractivity contribution >= 4 is 23.6 Å². The van der Waals surface area contributed by atoms with Gasteiger partial charge >= 0.3 is 0 Å². The molecule has 0 aliphatic carbocycles. The first-order valence-electron chi connectivity index (χ1n) is 12.2. The molecule has 0 radical (unpaired) electrons. The third-order valence-electron chi connectivity index (χ3n) is 6.71. The summed E-state index contributed by atoms with van der Waals surface area (Å²) in [7, 11) is 0. The SMILES string of the molecule is CC(c1ccccc1)N1CCN(C(=O)CSc2nnc(N3CCOCC3)n2Cc2ccco2)CC1. The van der Waals surface area contributed by atoms with Gasteiger partial charge in [0.05, 0.1) is 31.8 Å². The summed E-state index contributed by atoms with van der Waals surface area (Å²) < 4.78 is 13.1. The molecule has 2 aliphatic rings. The van der Waals surface area contributed by atoms with Crippen LogP contribution in [0.4, 0.5) is 5.95 Å². The van der Waals surface area contributed by atoms with Gasteiger partial charge in [-0.05, 0) is 24.6 Å². The number of amides is 1. The van der Waals surface area contributed by atoms with E-state index in [-0.39, 0.29) is 5.91 Å². The van der Waals surface area contributed by atoms with E-state index in [1.54, 1.807) is 6.26 Å². The molecule has 0 bridgehead atoms. The summed E-state index contributed by atoms with van der Waals surface area (Å²) in [6.07, 6.45) is 1.67. The molecule has 0 N–H and O–H groups in total. The minimum absolute atomic E-state index is 0.141. The maximum atomic E-state index is 13.0. The second-order valence-corrected chi connectivity index (χ2v) is 9.78. The number of piperazine rings is 1. The van der Waals surface area contributed by atoms with Crippen molar-refractivity contribution in [2.75, 3.05) is 63.1 Å². The van der Waals surface area contributed by atoms with Crippen LogP contribution < -0.4 is 4.90 Å². The maximum absolute atomic E-state index is 13.0. The van der Waals surface area contributed by atoms with Gasteiger partial charge < -0.3 is 19.0 Å². The van der Waals surface area contributed by atoms with E-state index in [9.17, 15) is 4.79 Å². The Labute approximate surface area is 210 Å². The molecular formula is C25H32N6O3S. The number of hydrogen-bond acceptors (Lipinski definition) is 8. The topological polar surface area (TPSA) is 79.9 Å². The van der Waals surface area contributed by atoms with Crippen molar-refractivity contribution in [1.29, 1.82) is 0 Å². The van der Waals surface area contributed by atoms with Gasteiger partial charge in [-0.15, -0.1) is 10.2 Å². The lowest BCUT2D eigenvalue weighted by molar-refractivity contribution is -0.130. The van der Waals surface area contributed by atoms with E-state index in [4.69, 9.17) is 9.15 Å². The van der Waals surface area contributed by atoms with Crippen LogP contribution in [0.1, 0.15) is 24.3 Å². The second-order valence-electron chi connectivity index (χ2n) is 8.84. The normalized spacial score (nSPS) is 18.1. The summed E-state index contributed by atoms with van der Waals surface area (Å²) in [5, 5.41) is 9.62. The molecule has 0 spiro atoms. The van der Waals surface area contributed by atoms with E-state index >= 15 is 0 Å². The largest absolute Gasteiger partial charge is 0.467 e. The van der Waals surface area contributed by atoms with Crippen LogP contribution in [0.3, 0.4) is 0 Å². The van der Waals surface area contributed by atoms with Gasteiger partial charge in [0.1, 0.15) is 5.76 Å². The quantitative estimate of drug-likeness (QED) is 0.441. The Kier molecular flexibility index (Phi) is 7.70. The number of rotatable bonds is 8. The number of morpholine rings is 1. The number of ether oxygens (including phenoxy) is 1. The van der Waals surface area contributed by atoms with Crippen molar-refractivity contribution in [1.82, 2.24) is 24.6 Å². The fourth-order valence-corrected chi connectivity index (χ4v) is 5.44. The molecule has 9 nitrogen and oxygen atoms in total. The average Bonchev–Trinajstić information content (AvgIpc) is 3.58. The van der Waals surface area contributed by atoms with Gasteiger partial charge in [-0.25, -0.2) is 0 Å². The smallest absolute Gasteiger partial charge is 0.233 e. The summed E-state index contributed by atoms with van der Waals surface area (Å²) >= 11 is 1.44. The van der Waals surface area contributed by atoms with Crippen LogP contribution >= 0.6 is 11.8 Å². The van der Waals surface area contributed by atoms with Gasteiger partial charge in [-0.2, -0.15) is 0 Å². The zero-order valence-electron chi connectivity index (χ0n) is 20.1. The van der Waals surface area contributed by atoms with Gasteiger partial charge in [0, 0.05) is 45.3 Å². The summed E-state index contributed by atoms with van der Waals surface area (Å²) in [5.74, 6) is 2.11. The lowest BCUT2D eigenvalue weighted by Crippen LogP contribution is -2.49. The zero-order chi connectivity index (χ0) is 24.0. The number of aromatic nitrogens is 3. The Morgan fingerprint density at radius 1 is 1.00 bits per heavy atom. The summed E-state index contributed by atoms with van der Waals surface area (Å²) in [6, 6.07) is 14.7. The molecule has 2 aromatic heterocycles. The molecule has 1 amide bonds. The first-order valence-corrected chi connectivity index (χ1v) is 13.2. The fraction of sp³-hybridized carbons (Fsp3) is 0.480. The van der Waals surface area contributed by atoms with E-state index in [0.29, 0.717) is 31.6 Å². The molecule has 35 heavy (non-hydrogen) atoms. The molecule has 3 aromatic rings. The summed E-state index contributed by atoms with van der Waals surface area (Å²) in [5.41, 5.74) is 1.31. The van der Waals surface area contributed by atoms with Crippen LogP contribution in [0.25, 0.3) is 0 Å². The highest BCUT2D eigenvalue weighted by atomic mass is 32.2. The fourth-order valence-electron chi connectivity index (χ4n) is 4.60.